The van der Waals surface area contributed by atoms with E-state index in [-0.39, 0.29) is 5.57 Å². The van der Waals surface area contributed by atoms with Gasteiger partial charge in [-0.25, -0.2) is 0 Å². The van der Waals surface area contributed by atoms with Gasteiger partial charge in [-0.15, -0.1) is 0 Å². The zero-order valence-electron chi connectivity index (χ0n) is 13.5. The van der Waals surface area contributed by atoms with E-state index in [1.54, 1.807) is 11.8 Å². The lowest BCUT2D eigenvalue weighted by Gasteiger charge is -2.10. The summed E-state index contributed by atoms with van der Waals surface area (Å²) in [6, 6.07) is 19.4. The van der Waals surface area contributed by atoms with Gasteiger partial charge in [-0.3, -0.25) is 4.79 Å². The molecular formula is C19H19N3OS. The number of anilines is 1. The molecule has 2 N–H and O–H groups in total. The average Bonchev–Trinajstić information content (AvgIpc) is 2.61. The summed E-state index contributed by atoms with van der Waals surface area (Å²) < 4.78 is 0. The summed E-state index contributed by atoms with van der Waals surface area (Å²) in [4.78, 5) is 14.3. The van der Waals surface area contributed by atoms with Crippen molar-refractivity contribution >= 4 is 23.4 Å². The maximum Gasteiger partial charge on any atom is 0.267 e. The van der Waals surface area contributed by atoms with Gasteiger partial charge in [-0.2, -0.15) is 5.26 Å². The fraction of sp³-hybridized carbons (Fsp3) is 0.158. The number of benzene rings is 2. The van der Waals surface area contributed by atoms with Crippen LogP contribution in [0.4, 0.5) is 5.69 Å². The Hall–Kier alpha value is -2.71. The number of para-hydroxylation sites is 1. The Bertz CT molecular complexity index is 751. The molecule has 2 rings (SSSR count). The third-order valence-corrected chi connectivity index (χ3v) is 4.20. The Morgan fingerprint density at radius 2 is 1.88 bits per heavy atom. The molecule has 0 spiro atoms. The van der Waals surface area contributed by atoms with E-state index in [2.05, 4.69) is 10.6 Å². The van der Waals surface area contributed by atoms with Gasteiger partial charge >= 0.3 is 0 Å². The normalized spacial score (nSPS) is 10.8. The van der Waals surface area contributed by atoms with Crippen LogP contribution in [0.25, 0.3) is 0 Å². The predicted octanol–water partition coefficient (Wildman–Crippen LogP) is 4.18. The van der Waals surface area contributed by atoms with Crippen molar-refractivity contribution in [3.05, 3.63) is 66.4 Å². The molecule has 0 aromatic heterocycles. The molecule has 0 aliphatic carbocycles. The first-order chi connectivity index (χ1) is 11.7. The Kier molecular flexibility index (Phi) is 6.93. The quantitative estimate of drug-likeness (QED) is 0.452. The van der Waals surface area contributed by atoms with Gasteiger partial charge < -0.3 is 10.6 Å². The van der Waals surface area contributed by atoms with Gasteiger partial charge in [-0.05, 0) is 30.7 Å². The standard InChI is InChI=1S/C19H19N3OS/c1-2-12-21-14-15(13-20)19(23)22-17-10-6-7-11-18(17)24-16-8-4-3-5-9-16/h3-11,14,21H,2,12H2,1H3,(H,22,23)/b15-14-. The second-order valence-corrected chi connectivity index (χ2v) is 6.10. The van der Waals surface area contributed by atoms with Crippen molar-refractivity contribution in [3.8, 4) is 6.07 Å². The molecule has 0 saturated heterocycles. The van der Waals surface area contributed by atoms with Gasteiger partial charge in [0.25, 0.3) is 5.91 Å². The molecule has 0 unspecified atom stereocenters. The molecule has 1 amide bonds. The first-order valence-electron chi connectivity index (χ1n) is 7.71. The van der Waals surface area contributed by atoms with Crippen molar-refractivity contribution in [2.75, 3.05) is 11.9 Å². The molecule has 5 heteroatoms. The number of hydrogen-bond acceptors (Lipinski definition) is 4. The monoisotopic (exact) mass is 337 g/mol. The number of nitriles is 1. The Morgan fingerprint density at radius 1 is 1.17 bits per heavy atom. The fourth-order valence-electron chi connectivity index (χ4n) is 1.93. The van der Waals surface area contributed by atoms with Crippen LogP contribution in [-0.4, -0.2) is 12.5 Å². The highest BCUT2D eigenvalue weighted by molar-refractivity contribution is 7.99. The van der Waals surface area contributed by atoms with Gasteiger partial charge in [0, 0.05) is 22.5 Å². The van der Waals surface area contributed by atoms with E-state index in [0.717, 1.165) is 22.8 Å². The van der Waals surface area contributed by atoms with Gasteiger partial charge in [0.15, 0.2) is 0 Å². The zero-order valence-corrected chi connectivity index (χ0v) is 14.3. The van der Waals surface area contributed by atoms with E-state index >= 15 is 0 Å². The first-order valence-corrected chi connectivity index (χ1v) is 8.53. The molecule has 122 valence electrons. The highest BCUT2D eigenvalue weighted by Gasteiger charge is 2.12. The maximum absolute atomic E-state index is 12.3. The fourth-order valence-corrected chi connectivity index (χ4v) is 2.85. The van der Waals surface area contributed by atoms with Crippen molar-refractivity contribution in [1.82, 2.24) is 5.32 Å². The SMILES string of the molecule is CCCN/C=C(/C#N)C(=O)Nc1ccccc1Sc1ccccc1. The highest BCUT2D eigenvalue weighted by Crippen LogP contribution is 2.33. The minimum atomic E-state index is -0.415. The summed E-state index contributed by atoms with van der Waals surface area (Å²) in [5.41, 5.74) is 0.746. The lowest BCUT2D eigenvalue weighted by Crippen LogP contribution is -2.17. The van der Waals surface area contributed by atoms with Crippen LogP contribution in [0.3, 0.4) is 0 Å². The Balaban J connectivity index is 2.13. The number of hydrogen-bond donors (Lipinski definition) is 2. The molecule has 2 aromatic carbocycles. The summed E-state index contributed by atoms with van der Waals surface area (Å²) in [5, 5.41) is 14.9. The van der Waals surface area contributed by atoms with Crippen molar-refractivity contribution < 1.29 is 4.79 Å². The summed E-state index contributed by atoms with van der Waals surface area (Å²) in [6.45, 7) is 2.74. The van der Waals surface area contributed by atoms with Crippen LogP contribution in [-0.2, 0) is 4.79 Å². The molecule has 0 saturated carbocycles. The first kappa shape index (κ1) is 17.6. The summed E-state index contributed by atoms with van der Waals surface area (Å²) in [5.74, 6) is -0.415. The summed E-state index contributed by atoms with van der Waals surface area (Å²) in [6.07, 6.45) is 2.39. The van der Waals surface area contributed by atoms with Crippen LogP contribution in [0, 0.1) is 11.3 Å². The van der Waals surface area contributed by atoms with E-state index in [9.17, 15) is 4.79 Å². The summed E-state index contributed by atoms with van der Waals surface area (Å²) >= 11 is 1.56. The van der Waals surface area contributed by atoms with E-state index in [1.807, 2.05) is 67.6 Å². The smallest absolute Gasteiger partial charge is 0.267 e. The minimum Gasteiger partial charge on any atom is -0.390 e. The second kappa shape index (κ2) is 9.43. The number of amides is 1. The lowest BCUT2D eigenvalue weighted by molar-refractivity contribution is -0.112. The Labute approximate surface area is 146 Å². The van der Waals surface area contributed by atoms with Gasteiger partial charge in [0.1, 0.15) is 11.6 Å². The molecule has 0 bridgehead atoms. The Morgan fingerprint density at radius 3 is 2.58 bits per heavy atom. The van der Waals surface area contributed by atoms with Crippen LogP contribution >= 0.6 is 11.8 Å². The number of nitrogens with zero attached hydrogens (tertiary/aromatic N) is 1. The third-order valence-electron chi connectivity index (χ3n) is 3.11. The molecule has 24 heavy (non-hydrogen) atoms. The average molecular weight is 337 g/mol. The number of nitrogens with one attached hydrogen (secondary N) is 2. The molecule has 0 aliphatic heterocycles. The van der Waals surface area contributed by atoms with Crippen LogP contribution in [0.15, 0.2) is 76.2 Å². The van der Waals surface area contributed by atoms with Gasteiger partial charge in [-0.1, -0.05) is 49.0 Å². The molecule has 0 radical (unpaired) electrons. The molecule has 0 atom stereocenters. The second-order valence-electron chi connectivity index (χ2n) is 4.99. The molecule has 0 heterocycles. The lowest BCUT2D eigenvalue weighted by atomic mass is 10.2. The molecular weight excluding hydrogens is 318 g/mol. The number of carbonyl (C=O) groups excluding carboxylic acids is 1. The van der Waals surface area contributed by atoms with Gasteiger partial charge in [0.05, 0.1) is 5.69 Å². The van der Waals surface area contributed by atoms with Crippen molar-refractivity contribution in [3.63, 3.8) is 0 Å². The largest absolute Gasteiger partial charge is 0.390 e. The third kappa shape index (κ3) is 5.18. The zero-order chi connectivity index (χ0) is 17.2. The van der Waals surface area contributed by atoms with Gasteiger partial charge in [0.2, 0.25) is 0 Å². The minimum absolute atomic E-state index is 0.0583. The topological polar surface area (TPSA) is 64.9 Å². The summed E-state index contributed by atoms with van der Waals surface area (Å²) in [7, 11) is 0. The van der Waals surface area contributed by atoms with Crippen LogP contribution < -0.4 is 10.6 Å². The van der Waals surface area contributed by atoms with E-state index in [1.165, 1.54) is 6.20 Å². The van der Waals surface area contributed by atoms with Crippen LogP contribution in [0.1, 0.15) is 13.3 Å². The maximum atomic E-state index is 12.3. The van der Waals surface area contributed by atoms with Crippen molar-refractivity contribution in [1.29, 1.82) is 5.26 Å². The van der Waals surface area contributed by atoms with E-state index in [4.69, 9.17) is 5.26 Å². The van der Waals surface area contributed by atoms with Crippen molar-refractivity contribution in [2.45, 2.75) is 23.1 Å². The number of rotatable bonds is 7. The molecule has 0 aliphatic rings. The molecule has 2 aromatic rings. The number of carbonyl (C=O) groups is 1. The predicted molar refractivity (Wildman–Crippen MR) is 97.6 cm³/mol. The highest BCUT2D eigenvalue weighted by atomic mass is 32.2. The molecule has 0 fully saturated rings. The van der Waals surface area contributed by atoms with Crippen molar-refractivity contribution in [2.24, 2.45) is 0 Å². The van der Waals surface area contributed by atoms with Crippen LogP contribution in [0.5, 0.6) is 0 Å². The van der Waals surface area contributed by atoms with E-state index < -0.39 is 5.91 Å². The van der Waals surface area contributed by atoms with Crippen LogP contribution in [0.2, 0.25) is 0 Å². The molecule has 4 nitrogen and oxygen atoms in total. The van der Waals surface area contributed by atoms with E-state index in [0.29, 0.717) is 5.69 Å².